The van der Waals surface area contributed by atoms with Crippen molar-refractivity contribution in [3.63, 3.8) is 0 Å². The fourth-order valence-corrected chi connectivity index (χ4v) is 5.56. The van der Waals surface area contributed by atoms with Gasteiger partial charge in [0.05, 0.1) is 28.1 Å². The van der Waals surface area contributed by atoms with Crippen LogP contribution in [0.5, 0.6) is 0 Å². The van der Waals surface area contributed by atoms with Crippen molar-refractivity contribution < 1.29 is 24.5 Å². The quantitative estimate of drug-likeness (QED) is 0.169. The van der Waals surface area contributed by atoms with Crippen LogP contribution in [0.15, 0.2) is 120 Å². The Bertz CT molecular complexity index is 2170. The van der Waals surface area contributed by atoms with Gasteiger partial charge in [-0.25, -0.2) is 0 Å². The zero-order chi connectivity index (χ0) is 29.3. The van der Waals surface area contributed by atoms with Crippen molar-refractivity contribution in [2.45, 2.75) is 20.8 Å². The Hall–Kier alpha value is -4.90. The van der Waals surface area contributed by atoms with Crippen LogP contribution >= 0.6 is 0 Å². The Morgan fingerprint density at radius 2 is 1.55 bits per heavy atom. The molecule has 8 rings (SSSR count). The average molecular weight is 749 g/mol. The van der Waals surface area contributed by atoms with Crippen LogP contribution in [0.3, 0.4) is 0 Å². The fraction of sp³-hybridized carbons (Fsp3) is 0.0789. The molecule has 0 unspecified atom stereocenters. The molecule has 44 heavy (non-hydrogen) atoms. The van der Waals surface area contributed by atoms with Crippen molar-refractivity contribution in [2.24, 2.45) is 0 Å². The maximum absolute atomic E-state index is 6.36. The Kier molecular flexibility index (Phi) is 8.21. The van der Waals surface area contributed by atoms with Crippen molar-refractivity contribution in [1.82, 2.24) is 19.5 Å². The number of furan rings is 1. The van der Waals surface area contributed by atoms with E-state index in [-0.39, 0.29) is 20.1 Å². The van der Waals surface area contributed by atoms with Crippen LogP contribution < -0.4 is 0 Å². The normalized spacial score (nSPS) is 10.9. The molecule has 4 heterocycles. The molecule has 0 spiro atoms. The molecule has 0 bridgehead atoms. The molecule has 6 heteroatoms. The molecule has 0 atom stereocenters. The van der Waals surface area contributed by atoms with Gasteiger partial charge in [0.1, 0.15) is 5.58 Å². The molecule has 0 saturated carbocycles. The van der Waals surface area contributed by atoms with Crippen LogP contribution in [-0.4, -0.2) is 19.5 Å². The summed E-state index contributed by atoms with van der Waals surface area (Å²) in [5, 5.41) is 2.23. The minimum atomic E-state index is 0. The summed E-state index contributed by atoms with van der Waals surface area (Å²) in [6.07, 6.45) is 1.79. The second kappa shape index (κ2) is 12.4. The largest absolute Gasteiger partial charge is 0.501 e. The third kappa shape index (κ3) is 5.35. The molecule has 0 saturated heterocycles. The summed E-state index contributed by atoms with van der Waals surface area (Å²) in [4.78, 5) is 13.9. The number of hydrogen-bond donors (Lipinski definition) is 0. The van der Waals surface area contributed by atoms with Gasteiger partial charge in [-0.15, -0.1) is 53.6 Å². The van der Waals surface area contributed by atoms with Crippen LogP contribution in [0.4, 0.5) is 0 Å². The molecule has 0 N–H and O–H groups in total. The van der Waals surface area contributed by atoms with E-state index < -0.39 is 0 Å². The fourth-order valence-electron chi connectivity index (χ4n) is 5.56. The van der Waals surface area contributed by atoms with Gasteiger partial charge in [-0.2, -0.15) is 0 Å². The summed E-state index contributed by atoms with van der Waals surface area (Å²) in [5.41, 5.74) is 10.5. The van der Waals surface area contributed by atoms with E-state index in [4.69, 9.17) is 9.40 Å². The molecular formula is C38H28IrN4O-2. The van der Waals surface area contributed by atoms with Crippen LogP contribution in [-0.2, 0) is 20.1 Å². The summed E-state index contributed by atoms with van der Waals surface area (Å²) in [6, 6.07) is 42.9. The maximum Gasteiger partial charge on any atom is 0.120 e. The van der Waals surface area contributed by atoms with Crippen molar-refractivity contribution in [2.75, 3.05) is 0 Å². The minimum Gasteiger partial charge on any atom is -0.501 e. The SMILES string of the molecule is Cc1cc2c(nc(-c3[c-]cc(C)c4c3oc3ccccc34)n2-c2ccccc2)c(C)n1.[Ir].[c-]1ccccc1-c1ccccn1. The topological polar surface area (TPSA) is 56.7 Å². The number of aromatic nitrogens is 4. The van der Waals surface area contributed by atoms with Gasteiger partial charge in [0.2, 0.25) is 0 Å². The summed E-state index contributed by atoms with van der Waals surface area (Å²) in [6.45, 7) is 6.13. The van der Waals surface area contributed by atoms with Crippen LogP contribution in [0.25, 0.3) is 61.3 Å². The van der Waals surface area contributed by atoms with Gasteiger partial charge in [0.25, 0.3) is 0 Å². The third-order valence-corrected chi connectivity index (χ3v) is 7.48. The first-order valence-corrected chi connectivity index (χ1v) is 14.2. The number of imidazole rings is 1. The molecule has 0 fully saturated rings. The number of pyridine rings is 2. The van der Waals surface area contributed by atoms with E-state index in [1.165, 1.54) is 0 Å². The van der Waals surface area contributed by atoms with Gasteiger partial charge in [-0.1, -0.05) is 66.4 Å². The van der Waals surface area contributed by atoms with Crippen LogP contribution in [0.2, 0.25) is 0 Å². The van der Waals surface area contributed by atoms with E-state index in [1.54, 1.807) is 6.20 Å². The van der Waals surface area contributed by atoms with Crippen molar-refractivity contribution in [3.8, 4) is 28.3 Å². The number of hydrogen-bond acceptors (Lipinski definition) is 4. The molecule has 217 valence electrons. The first kappa shape index (κ1) is 29.2. The predicted molar refractivity (Wildman–Crippen MR) is 173 cm³/mol. The van der Waals surface area contributed by atoms with Gasteiger partial charge in [-0.05, 0) is 49.9 Å². The van der Waals surface area contributed by atoms with Crippen molar-refractivity contribution in [3.05, 3.63) is 144 Å². The molecule has 1 radical (unpaired) electrons. The Balaban J connectivity index is 0.000000222. The molecule has 0 aliphatic heterocycles. The number of rotatable bonds is 3. The summed E-state index contributed by atoms with van der Waals surface area (Å²) in [7, 11) is 0. The van der Waals surface area contributed by atoms with Crippen LogP contribution in [0.1, 0.15) is 17.0 Å². The second-order valence-electron chi connectivity index (χ2n) is 10.5. The van der Waals surface area contributed by atoms with Gasteiger partial charge in [-0.3, -0.25) is 9.97 Å². The number of aryl methyl sites for hydroxylation is 3. The monoisotopic (exact) mass is 749 g/mol. The number of nitrogens with zero attached hydrogens (tertiary/aromatic N) is 4. The molecule has 0 aliphatic carbocycles. The number of para-hydroxylation sites is 2. The number of fused-ring (bicyclic) bond motifs is 4. The summed E-state index contributed by atoms with van der Waals surface area (Å²) >= 11 is 0. The van der Waals surface area contributed by atoms with Gasteiger partial charge >= 0.3 is 0 Å². The zero-order valence-electron chi connectivity index (χ0n) is 24.5. The molecule has 4 aromatic carbocycles. The van der Waals surface area contributed by atoms with E-state index in [9.17, 15) is 0 Å². The average Bonchev–Trinajstić information content (AvgIpc) is 3.63. The summed E-state index contributed by atoms with van der Waals surface area (Å²) in [5.74, 6) is 0.806. The van der Waals surface area contributed by atoms with E-state index in [0.29, 0.717) is 0 Å². The third-order valence-electron chi connectivity index (χ3n) is 7.48. The van der Waals surface area contributed by atoms with E-state index >= 15 is 0 Å². The Morgan fingerprint density at radius 1 is 0.773 bits per heavy atom. The standard InChI is InChI=1S/C27H20N3O.C11H8N.Ir/c1-16-13-14-21(26-24(16)20-11-7-8-12-23(20)31-26)27-29-25-18(3)28-17(2)15-22(25)30(27)19-9-5-4-6-10-19;1-2-6-10(7-3-1)11-8-4-5-9-12-11;/h4-13,15H,1-3H3;1-6,8-9H;/q2*-1;. The van der Waals surface area contributed by atoms with Gasteiger partial charge in [0, 0.05) is 43.1 Å². The smallest absolute Gasteiger partial charge is 0.120 e. The van der Waals surface area contributed by atoms with E-state index in [1.807, 2.05) is 98.8 Å². The Morgan fingerprint density at radius 3 is 2.32 bits per heavy atom. The first-order valence-electron chi connectivity index (χ1n) is 14.2. The second-order valence-corrected chi connectivity index (χ2v) is 10.5. The molecule has 0 aliphatic rings. The molecular weight excluding hydrogens is 721 g/mol. The molecule has 8 aromatic rings. The maximum atomic E-state index is 6.36. The van der Waals surface area contributed by atoms with E-state index in [2.05, 4.69) is 57.9 Å². The molecule has 0 amide bonds. The number of benzene rings is 4. The van der Waals surface area contributed by atoms with Crippen LogP contribution in [0, 0.1) is 32.9 Å². The predicted octanol–water partition coefficient (Wildman–Crippen LogP) is 9.26. The molecule has 4 aromatic heterocycles. The van der Waals surface area contributed by atoms with Crippen molar-refractivity contribution in [1.29, 1.82) is 0 Å². The van der Waals surface area contributed by atoms with E-state index in [0.717, 1.165) is 78.3 Å². The van der Waals surface area contributed by atoms with Gasteiger partial charge in [0.15, 0.2) is 0 Å². The first-order chi connectivity index (χ1) is 21.1. The summed E-state index contributed by atoms with van der Waals surface area (Å²) < 4.78 is 8.54. The Labute approximate surface area is 269 Å². The minimum absolute atomic E-state index is 0. The molecule has 5 nitrogen and oxygen atoms in total. The van der Waals surface area contributed by atoms with Crippen molar-refractivity contribution >= 4 is 33.0 Å². The zero-order valence-corrected chi connectivity index (χ0v) is 26.9. The van der Waals surface area contributed by atoms with Gasteiger partial charge < -0.3 is 14.0 Å².